The summed E-state index contributed by atoms with van der Waals surface area (Å²) in [5.74, 6) is 4.06. The minimum Gasteiger partial charge on any atom is -0.481 e. The van der Waals surface area contributed by atoms with Crippen molar-refractivity contribution in [2.45, 2.75) is 19.4 Å². The Morgan fingerprint density at radius 2 is 2.20 bits per heavy atom. The standard InChI is InChI=1S/C16H20BrNO2/c1-2-7-20-16-4-3-15(17)10-14(16)12-18-11-13-5-8-19-9-6-13/h1,3-4,10,13,18H,5-9,11-12H2. The fourth-order valence-corrected chi connectivity index (χ4v) is 2.72. The molecule has 0 aromatic heterocycles. The highest BCUT2D eigenvalue weighted by atomic mass is 79.9. The highest BCUT2D eigenvalue weighted by molar-refractivity contribution is 9.10. The fourth-order valence-electron chi connectivity index (χ4n) is 2.31. The first-order valence-electron chi connectivity index (χ1n) is 6.92. The second-order valence-corrected chi connectivity index (χ2v) is 5.85. The van der Waals surface area contributed by atoms with E-state index in [9.17, 15) is 0 Å². The Hall–Kier alpha value is -1.02. The van der Waals surface area contributed by atoms with Gasteiger partial charge < -0.3 is 14.8 Å². The van der Waals surface area contributed by atoms with E-state index in [4.69, 9.17) is 15.9 Å². The fraction of sp³-hybridized carbons (Fsp3) is 0.500. The van der Waals surface area contributed by atoms with Crippen LogP contribution in [0.25, 0.3) is 0 Å². The third kappa shape index (κ3) is 4.82. The second-order valence-electron chi connectivity index (χ2n) is 4.93. The first-order valence-corrected chi connectivity index (χ1v) is 7.72. The molecule has 0 aliphatic carbocycles. The highest BCUT2D eigenvalue weighted by Crippen LogP contribution is 2.23. The Kier molecular flexibility index (Phi) is 6.38. The summed E-state index contributed by atoms with van der Waals surface area (Å²) in [5, 5.41) is 3.51. The molecular weight excluding hydrogens is 318 g/mol. The zero-order valence-electron chi connectivity index (χ0n) is 11.5. The SMILES string of the molecule is C#CCOc1ccc(Br)cc1CNCC1CCOCC1. The molecular formula is C16H20BrNO2. The van der Waals surface area contributed by atoms with Crippen LogP contribution in [0.2, 0.25) is 0 Å². The Morgan fingerprint density at radius 3 is 2.95 bits per heavy atom. The molecule has 1 fully saturated rings. The lowest BCUT2D eigenvalue weighted by molar-refractivity contribution is 0.0662. The van der Waals surface area contributed by atoms with Gasteiger partial charge >= 0.3 is 0 Å². The third-order valence-corrected chi connectivity index (χ3v) is 3.92. The largest absolute Gasteiger partial charge is 0.481 e. The number of hydrogen-bond acceptors (Lipinski definition) is 3. The van der Waals surface area contributed by atoms with E-state index in [-0.39, 0.29) is 0 Å². The summed E-state index contributed by atoms with van der Waals surface area (Å²) < 4.78 is 12.0. The summed E-state index contributed by atoms with van der Waals surface area (Å²) in [6, 6.07) is 5.99. The zero-order valence-corrected chi connectivity index (χ0v) is 13.1. The van der Waals surface area contributed by atoms with Gasteiger partial charge in [0, 0.05) is 29.8 Å². The van der Waals surface area contributed by atoms with Crippen molar-refractivity contribution in [3.8, 4) is 18.1 Å². The van der Waals surface area contributed by atoms with Gasteiger partial charge in [-0.05, 0) is 43.5 Å². The molecule has 0 atom stereocenters. The average Bonchev–Trinajstić information content (AvgIpc) is 2.47. The molecule has 0 amide bonds. The molecule has 1 aromatic rings. The van der Waals surface area contributed by atoms with Crippen molar-refractivity contribution in [2.24, 2.45) is 5.92 Å². The van der Waals surface area contributed by atoms with E-state index in [0.717, 1.165) is 54.9 Å². The number of halogens is 1. The van der Waals surface area contributed by atoms with E-state index in [2.05, 4.69) is 33.2 Å². The zero-order chi connectivity index (χ0) is 14.2. The topological polar surface area (TPSA) is 30.5 Å². The van der Waals surface area contributed by atoms with Crippen LogP contribution in [-0.2, 0) is 11.3 Å². The minimum atomic E-state index is 0.300. The maximum Gasteiger partial charge on any atom is 0.148 e. The van der Waals surface area contributed by atoms with Gasteiger partial charge in [-0.2, -0.15) is 0 Å². The van der Waals surface area contributed by atoms with E-state index in [1.165, 1.54) is 0 Å². The van der Waals surface area contributed by atoms with Gasteiger partial charge in [-0.1, -0.05) is 21.9 Å². The summed E-state index contributed by atoms with van der Waals surface area (Å²) in [4.78, 5) is 0. The number of hydrogen-bond donors (Lipinski definition) is 1. The van der Waals surface area contributed by atoms with Crippen LogP contribution in [0.3, 0.4) is 0 Å². The van der Waals surface area contributed by atoms with Crippen molar-refractivity contribution in [3.05, 3.63) is 28.2 Å². The molecule has 0 bridgehead atoms. The maximum atomic E-state index is 5.57. The summed E-state index contributed by atoms with van der Waals surface area (Å²) in [5.41, 5.74) is 1.13. The summed E-state index contributed by atoms with van der Waals surface area (Å²) >= 11 is 3.49. The molecule has 1 aromatic carbocycles. The summed E-state index contributed by atoms with van der Waals surface area (Å²) in [6.07, 6.45) is 7.53. The minimum absolute atomic E-state index is 0.300. The van der Waals surface area contributed by atoms with E-state index >= 15 is 0 Å². The first-order chi connectivity index (χ1) is 9.79. The van der Waals surface area contributed by atoms with Gasteiger partial charge in [-0.15, -0.1) is 6.42 Å². The van der Waals surface area contributed by atoms with Gasteiger partial charge in [0.1, 0.15) is 12.4 Å². The van der Waals surface area contributed by atoms with Gasteiger partial charge in [0.15, 0.2) is 0 Å². The van der Waals surface area contributed by atoms with Crippen molar-refractivity contribution >= 4 is 15.9 Å². The molecule has 2 rings (SSSR count). The van der Waals surface area contributed by atoms with Crippen LogP contribution in [0.5, 0.6) is 5.75 Å². The second kappa shape index (κ2) is 8.31. The van der Waals surface area contributed by atoms with Crippen molar-refractivity contribution < 1.29 is 9.47 Å². The number of terminal acetylenes is 1. The van der Waals surface area contributed by atoms with Crippen LogP contribution in [0, 0.1) is 18.3 Å². The number of benzene rings is 1. The summed E-state index contributed by atoms with van der Waals surface area (Å²) in [7, 11) is 0. The number of rotatable bonds is 6. The molecule has 108 valence electrons. The molecule has 0 spiro atoms. The van der Waals surface area contributed by atoms with Gasteiger partial charge in [-0.3, -0.25) is 0 Å². The Morgan fingerprint density at radius 1 is 1.40 bits per heavy atom. The molecule has 3 nitrogen and oxygen atoms in total. The predicted molar refractivity (Wildman–Crippen MR) is 83.7 cm³/mol. The lowest BCUT2D eigenvalue weighted by atomic mass is 10.0. The number of nitrogens with one attached hydrogen (secondary N) is 1. The van der Waals surface area contributed by atoms with Crippen LogP contribution < -0.4 is 10.1 Å². The van der Waals surface area contributed by atoms with Crippen molar-refractivity contribution in [3.63, 3.8) is 0 Å². The van der Waals surface area contributed by atoms with Crippen LogP contribution in [0.1, 0.15) is 18.4 Å². The Balaban J connectivity index is 1.87. The molecule has 1 N–H and O–H groups in total. The summed E-state index contributed by atoms with van der Waals surface area (Å²) in [6.45, 7) is 3.88. The van der Waals surface area contributed by atoms with Gasteiger partial charge in [0.05, 0.1) is 0 Å². The molecule has 1 saturated heterocycles. The van der Waals surface area contributed by atoms with Crippen LogP contribution >= 0.6 is 15.9 Å². The first kappa shape index (κ1) is 15.4. The van der Waals surface area contributed by atoms with Crippen LogP contribution in [-0.4, -0.2) is 26.4 Å². The molecule has 1 aliphatic heterocycles. The number of ether oxygens (including phenoxy) is 2. The van der Waals surface area contributed by atoms with Crippen molar-refractivity contribution in [2.75, 3.05) is 26.4 Å². The van der Waals surface area contributed by atoms with E-state index in [1.807, 2.05) is 12.1 Å². The molecule has 0 radical (unpaired) electrons. The van der Waals surface area contributed by atoms with Gasteiger partial charge in [0.25, 0.3) is 0 Å². The van der Waals surface area contributed by atoms with Crippen LogP contribution in [0.4, 0.5) is 0 Å². The third-order valence-electron chi connectivity index (χ3n) is 3.42. The smallest absolute Gasteiger partial charge is 0.148 e. The van der Waals surface area contributed by atoms with Gasteiger partial charge in [0.2, 0.25) is 0 Å². The maximum absolute atomic E-state index is 5.57. The molecule has 0 saturated carbocycles. The Bertz CT molecular complexity index is 464. The monoisotopic (exact) mass is 337 g/mol. The molecule has 20 heavy (non-hydrogen) atoms. The predicted octanol–water partition coefficient (Wildman–Crippen LogP) is 2.98. The lowest BCUT2D eigenvalue weighted by Gasteiger charge is -2.22. The normalized spacial score (nSPS) is 15.8. The quantitative estimate of drug-likeness (QED) is 0.809. The Labute approximate surface area is 129 Å². The van der Waals surface area contributed by atoms with E-state index < -0.39 is 0 Å². The molecule has 0 unspecified atom stereocenters. The lowest BCUT2D eigenvalue weighted by Crippen LogP contribution is -2.27. The molecule has 1 heterocycles. The van der Waals surface area contributed by atoms with Gasteiger partial charge in [-0.25, -0.2) is 0 Å². The van der Waals surface area contributed by atoms with Crippen LogP contribution in [0.15, 0.2) is 22.7 Å². The molecule has 4 heteroatoms. The highest BCUT2D eigenvalue weighted by Gasteiger charge is 2.13. The van der Waals surface area contributed by atoms with E-state index in [1.54, 1.807) is 0 Å². The molecule has 1 aliphatic rings. The van der Waals surface area contributed by atoms with E-state index in [0.29, 0.717) is 12.5 Å². The van der Waals surface area contributed by atoms with Crippen molar-refractivity contribution in [1.82, 2.24) is 5.32 Å². The average molecular weight is 338 g/mol. The van der Waals surface area contributed by atoms with Crippen molar-refractivity contribution in [1.29, 1.82) is 0 Å².